The number of benzene rings is 1. The largest absolute Gasteiger partial charge is 0.360 e. The van der Waals surface area contributed by atoms with Gasteiger partial charge in [0.15, 0.2) is 0 Å². The number of nitrogens with zero attached hydrogens (tertiary/aromatic N) is 4. The van der Waals surface area contributed by atoms with E-state index in [0.717, 1.165) is 61.9 Å². The van der Waals surface area contributed by atoms with Gasteiger partial charge in [-0.1, -0.05) is 35.8 Å². The normalized spacial score (nSPS) is 21.5. The third kappa shape index (κ3) is 4.65. The van der Waals surface area contributed by atoms with Crippen molar-refractivity contribution in [3.63, 3.8) is 0 Å². The Morgan fingerprint density at radius 3 is 2.79 bits per heavy atom. The van der Waals surface area contributed by atoms with Crippen molar-refractivity contribution in [3.8, 4) is 11.3 Å². The van der Waals surface area contributed by atoms with Crippen molar-refractivity contribution < 1.29 is 4.79 Å². The molecule has 1 saturated heterocycles. The van der Waals surface area contributed by atoms with Crippen LogP contribution < -0.4 is 5.32 Å². The first kappa shape index (κ1) is 23.1. The number of halogens is 2. The highest BCUT2D eigenvalue weighted by Crippen LogP contribution is 2.36. The maximum atomic E-state index is 11.9. The quantitative estimate of drug-likeness (QED) is 0.484. The molecule has 1 aliphatic carbocycles. The molecule has 1 amide bonds. The predicted octanol–water partition coefficient (Wildman–Crippen LogP) is 4.99. The molecule has 2 N–H and O–H groups in total. The van der Waals surface area contributed by atoms with E-state index >= 15 is 0 Å². The van der Waals surface area contributed by atoms with E-state index in [4.69, 9.17) is 28.2 Å². The number of anilines is 1. The summed E-state index contributed by atoms with van der Waals surface area (Å²) in [5.74, 6) is 0.600. The van der Waals surface area contributed by atoms with Crippen molar-refractivity contribution in [1.29, 1.82) is 0 Å². The molecule has 0 unspecified atom stereocenters. The van der Waals surface area contributed by atoms with Gasteiger partial charge in [-0.05, 0) is 43.9 Å². The molecule has 3 heterocycles. The summed E-state index contributed by atoms with van der Waals surface area (Å²) in [6, 6.07) is 6.54. The number of rotatable bonds is 5. The number of aromatic amines is 1. The molecule has 2 fully saturated rings. The molecule has 2 aromatic heterocycles. The molecule has 2 atom stereocenters. The summed E-state index contributed by atoms with van der Waals surface area (Å²) in [6.45, 7) is 6.93. The molecule has 3 aromatic rings. The molecule has 34 heavy (non-hydrogen) atoms. The van der Waals surface area contributed by atoms with Gasteiger partial charge >= 0.3 is 0 Å². The Bertz CT molecular complexity index is 1200. The van der Waals surface area contributed by atoms with Gasteiger partial charge in [-0.2, -0.15) is 0 Å². The van der Waals surface area contributed by atoms with Crippen LogP contribution in [0.3, 0.4) is 0 Å². The molecule has 0 radical (unpaired) electrons. The van der Waals surface area contributed by atoms with Gasteiger partial charge in [0, 0.05) is 60.9 Å². The zero-order valence-electron chi connectivity index (χ0n) is 18.9. The standard InChI is InChI=1S/C25H28Cl2N6O/c1-2-22(34)33-11-9-32(10-12-33)17-6-3-5-16(13-17)30-25-29-15-20(27)24(31-25)18-14-28-21-8-4-7-19(26)23(18)21/h2,4,7-8,14-17,28H,1,3,5-6,9-13H2,(H,29,30,31)/t16-,17+/m1/s1. The van der Waals surface area contributed by atoms with Crippen LogP contribution in [0, 0.1) is 0 Å². The van der Waals surface area contributed by atoms with Crippen LogP contribution >= 0.6 is 23.2 Å². The van der Waals surface area contributed by atoms with E-state index in [-0.39, 0.29) is 11.9 Å². The Hall–Kier alpha value is -2.61. The number of carbonyl (C=O) groups excluding carboxylic acids is 1. The van der Waals surface area contributed by atoms with Crippen molar-refractivity contribution in [2.45, 2.75) is 37.8 Å². The summed E-state index contributed by atoms with van der Waals surface area (Å²) in [6.07, 6.45) is 9.36. The average molecular weight is 499 g/mol. The first-order valence-electron chi connectivity index (χ1n) is 11.7. The Morgan fingerprint density at radius 2 is 2.00 bits per heavy atom. The molecule has 1 saturated carbocycles. The lowest BCUT2D eigenvalue weighted by atomic mass is 9.89. The fraction of sp³-hybridized carbons (Fsp3) is 0.400. The van der Waals surface area contributed by atoms with Crippen LogP contribution in [0.5, 0.6) is 0 Å². The van der Waals surface area contributed by atoms with Gasteiger partial charge in [-0.3, -0.25) is 9.69 Å². The predicted molar refractivity (Wildman–Crippen MR) is 137 cm³/mol. The lowest BCUT2D eigenvalue weighted by Gasteiger charge is -2.42. The van der Waals surface area contributed by atoms with E-state index in [1.165, 1.54) is 12.5 Å². The van der Waals surface area contributed by atoms with Crippen LogP contribution in [0.15, 0.2) is 43.2 Å². The molecule has 2 aliphatic rings. The molecule has 5 rings (SSSR count). The summed E-state index contributed by atoms with van der Waals surface area (Å²) >= 11 is 13.0. The fourth-order valence-corrected chi connectivity index (χ4v) is 5.67. The smallest absolute Gasteiger partial charge is 0.246 e. The van der Waals surface area contributed by atoms with Crippen LogP contribution in [-0.4, -0.2) is 68.9 Å². The first-order chi connectivity index (χ1) is 16.5. The first-order valence-corrected chi connectivity index (χ1v) is 12.5. The second-order valence-electron chi connectivity index (χ2n) is 8.98. The lowest BCUT2D eigenvalue weighted by Crippen LogP contribution is -2.53. The molecular weight excluding hydrogens is 471 g/mol. The maximum absolute atomic E-state index is 11.9. The minimum atomic E-state index is 0.0232. The summed E-state index contributed by atoms with van der Waals surface area (Å²) < 4.78 is 0. The molecule has 9 heteroatoms. The summed E-state index contributed by atoms with van der Waals surface area (Å²) in [4.78, 5) is 28.8. The Morgan fingerprint density at radius 1 is 1.18 bits per heavy atom. The van der Waals surface area contributed by atoms with E-state index in [0.29, 0.717) is 27.7 Å². The van der Waals surface area contributed by atoms with Crippen molar-refractivity contribution in [2.75, 3.05) is 31.5 Å². The fourth-order valence-electron chi connectivity index (χ4n) is 5.20. The van der Waals surface area contributed by atoms with E-state index in [9.17, 15) is 4.79 Å². The summed E-state index contributed by atoms with van der Waals surface area (Å²) in [7, 11) is 0. The second kappa shape index (κ2) is 9.94. The molecule has 1 aliphatic heterocycles. The summed E-state index contributed by atoms with van der Waals surface area (Å²) in [5, 5.41) is 5.60. The zero-order valence-corrected chi connectivity index (χ0v) is 20.4. The average Bonchev–Trinajstić information content (AvgIpc) is 3.30. The van der Waals surface area contributed by atoms with E-state index in [1.807, 2.05) is 29.3 Å². The number of amides is 1. The van der Waals surface area contributed by atoms with Gasteiger partial charge in [0.2, 0.25) is 11.9 Å². The van der Waals surface area contributed by atoms with Gasteiger partial charge in [0.25, 0.3) is 0 Å². The van der Waals surface area contributed by atoms with Crippen molar-refractivity contribution in [3.05, 3.63) is 53.3 Å². The number of fused-ring (bicyclic) bond motifs is 1. The van der Waals surface area contributed by atoms with Crippen LogP contribution in [0.1, 0.15) is 25.7 Å². The van der Waals surface area contributed by atoms with E-state index in [1.54, 1.807) is 6.20 Å². The van der Waals surface area contributed by atoms with E-state index in [2.05, 4.69) is 26.8 Å². The SMILES string of the molecule is C=CC(=O)N1CCN([C@H]2CCC[C@@H](Nc3ncc(Cl)c(-c4c[nH]c5cccc(Cl)c45)n3)C2)CC1. The highest BCUT2D eigenvalue weighted by molar-refractivity contribution is 6.37. The number of H-pyrrole nitrogens is 1. The number of aromatic nitrogens is 3. The maximum Gasteiger partial charge on any atom is 0.246 e. The van der Waals surface area contributed by atoms with Gasteiger partial charge in [0.05, 0.1) is 21.9 Å². The van der Waals surface area contributed by atoms with Crippen molar-refractivity contribution >= 4 is 46.0 Å². The molecule has 178 valence electrons. The zero-order chi connectivity index (χ0) is 23.7. The lowest BCUT2D eigenvalue weighted by molar-refractivity contribution is -0.128. The summed E-state index contributed by atoms with van der Waals surface area (Å²) in [5.41, 5.74) is 2.47. The molecule has 0 spiro atoms. The molecule has 0 bridgehead atoms. The minimum absolute atomic E-state index is 0.0232. The number of hydrogen-bond donors (Lipinski definition) is 2. The van der Waals surface area contributed by atoms with Crippen LogP contribution in [0.25, 0.3) is 22.2 Å². The van der Waals surface area contributed by atoms with Gasteiger partial charge in [-0.25, -0.2) is 9.97 Å². The topological polar surface area (TPSA) is 77.2 Å². The number of piperazine rings is 1. The Balaban J connectivity index is 1.28. The van der Waals surface area contributed by atoms with E-state index < -0.39 is 0 Å². The van der Waals surface area contributed by atoms with Crippen LogP contribution in [0.4, 0.5) is 5.95 Å². The van der Waals surface area contributed by atoms with Gasteiger partial charge < -0.3 is 15.2 Å². The van der Waals surface area contributed by atoms with Gasteiger partial charge in [-0.15, -0.1) is 0 Å². The van der Waals surface area contributed by atoms with Crippen LogP contribution in [0.2, 0.25) is 10.0 Å². The second-order valence-corrected chi connectivity index (χ2v) is 9.80. The highest BCUT2D eigenvalue weighted by Gasteiger charge is 2.30. The van der Waals surface area contributed by atoms with Gasteiger partial charge in [0.1, 0.15) is 0 Å². The van der Waals surface area contributed by atoms with Crippen LogP contribution in [-0.2, 0) is 4.79 Å². The third-order valence-electron chi connectivity index (χ3n) is 6.95. The number of nitrogens with one attached hydrogen (secondary N) is 2. The number of carbonyl (C=O) groups is 1. The number of hydrogen-bond acceptors (Lipinski definition) is 5. The molecule has 7 nitrogen and oxygen atoms in total. The highest BCUT2D eigenvalue weighted by atomic mass is 35.5. The Labute approximate surface area is 209 Å². The Kier molecular flexibility index (Phi) is 6.77. The molecule has 1 aromatic carbocycles. The molecular formula is C25H28Cl2N6O. The van der Waals surface area contributed by atoms with Crippen molar-refractivity contribution in [2.24, 2.45) is 0 Å². The monoisotopic (exact) mass is 498 g/mol. The third-order valence-corrected chi connectivity index (χ3v) is 7.54. The minimum Gasteiger partial charge on any atom is -0.360 e. The van der Waals surface area contributed by atoms with Crippen molar-refractivity contribution in [1.82, 2.24) is 24.8 Å².